The summed E-state index contributed by atoms with van der Waals surface area (Å²) in [6.07, 6.45) is 2.49. The molecule has 2 atom stereocenters. The first-order valence-electron chi connectivity index (χ1n) is 7.51. The Kier molecular flexibility index (Phi) is 4.68. The molecule has 0 unspecified atom stereocenters. The number of carbonyl (C=O) groups is 1. The van der Waals surface area contributed by atoms with E-state index in [4.69, 9.17) is 21.2 Å². The fourth-order valence-corrected chi connectivity index (χ4v) is 3.51. The standard InChI is InChI=1S/C16H16ClN3O4S/c1-9-6-12(9)14-5-3-11(24-14)8-19-20-16(21)10-2-4-13(17)15(7-10)25(18,22)23/h2-5,7-9,12H,6H2,1H3,(H,20,21)(H2,18,22,23)/b19-8-/t9-,12-/m0/s1. The van der Waals surface area contributed by atoms with Crippen LogP contribution in [0.2, 0.25) is 5.02 Å². The molecule has 3 rings (SSSR count). The van der Waals surface area contributed by atoms with Gasteiger partial charge in [0, 0.05) is 11.5 Å². The minimum Gasteiger partial charge on any atom is -0.460 e. The molecular weight excluding hydrogens is 366 g/mol. The normalized spacial score (nSPS) is 20.0. The van der Waals surface area contributed by atoms with Crippen molar-refractivity contribution in [3.05, 3.63) is 52.4 Å². The molecule has 0 aliphatic heterocycles. The number of hydrogen-bond acceptors (Lipinski definition) is 5. The molecule has 0 saturated heterocycles. The van der Waals surface area contributed by atoms with Crippen molar-refractivity contribution in [2.75, 3.05) is 0 Å². The number of hydrogen-bond donors (Lipinski definition) is 2. The van der Waals surface area contributed by atoms with Crippen LogP contribution in [0.5, 0.6) is 0 Å². The van der Waals surface area contributed by atoms with Gasteiger partial charge in [0.25, 0.3) is 5.91 Å². The summed E-state index contributed by atoms with van der Waals surface area (Å²) in [5.74, 6) is 1.93. The number of primary sulfonamides is 1. The first-order chi connectivity index (χ1) is 11.8. The van der Waals surface area contributed by atoms with Gasteiger partial charge >= 0.3 is 0 Å². The van der Waals surface area contributed by atoms with Crippen LogP contribution in [-0.2, 0) is 10.0 Å². The van der Waals surface area contributed by atoms with Gasteiger partial charge in [0.1, 0.15) is 16.4 Å². The van der Waals surface area contributed by atoms with Gasteiger partial charge in [0.2, 0.25) is 10.0 Å². The second kappa shape index (κ2) is 6.62. The summed E-state index contributed by atoms with van der Waals surface area (Å²) < 4.78 is 28.5. The van der Waals surface area contributed by atoms with Crippen LogP contribution < -0.4 is 10.6 Å². The molecule has 1 fully saturated rings. The Morgan fingerprint density at radius 1 is 1.40 bits per heavy atom. The Hall–Kier alpha value is -2.16. The fraction of sp³-hybridized carbons (Fsp3) is 0.250. The summed E-state index contributed by atoms with van der Waals surface area (Å²) in [6, 6.07) is 7.44. The Morgan fingerprint density at radius 2 is 2.12 bits per heavy atom. The summed E-state index contributed by atoms with van der Waals surface area (Å²) in [4.78, 5) is 11.7. The van der Waals surface area contributed by atoms with E-state index in [0.717, 1.165) is 18.2 Å². The highest BCUT2D eigenvalue weighted by Gasteiger charge is 2.36. The Bertz CT molecular complexity index is 952. The Balaban J connectivity index is 1.67. The van der Waals surface area contributed by atoms with E-state index in [9.17, 15) is 13.2 Å². The van der Waals surface area contributed by atoms with Crippen molar-refractivity contribution >= 4 is 33.7 Å². The molecule has 3 N–H and O–H groups in total. The number of hydrazone groups is 1. The zero-order valence-electron chi connectivity index (χ0n) is 13.3. The zero-order chi connectivity index (χ0) is 18.2. The van der Waals surface area contributed by atoms with E-state index in [0.29, 0.717) is 17.6 Å². The molecule has 1 saturated carbocycles. The van der Waals surface area contributed by atoms with Crippen LogP contribution in [0, 0.1) is 5.92 Å². The predicted octanol–water partition coefficient (Wildman–Crippen LogP) is 2.47. The van der Waals surface area contributed by atoms with Crippen molar-refractivity contribution in [1.29, 1.82) is 0 Å². The van der Waals surface area contributed by atoms with Gasteiger partial charge in [-0.15, -0.1) is 0 Å². The fourth-order valence-electron chi connectivity index (χ4n) is 2.44. The van der Waals surface area contributed by atoms with Crippen molar-refractivity contribution in [2.24, 2.45) is 16.2 Å². The monoisotopic (exact) mass is 381 g/mol. The lowest BCUT2D eigenvalue weighted by Crippen LogP contribution is -2.19. The van der Waals surface area contributed by atoms with Crippen LogP contribution in [-0.4, -0.2) is 20.5 Å². The van der Waals surface area contributed by atoms with Gasteiger partial charge in [-0.05, 0) is 42.7 Å². The number of carbonyl (C=O) groups excluding carboxylic acids is 1. The van der Waals surface area contributed by atoms with E-state index in [1.165, 1.54) is 18.3 Å². The Labute approximate surface area is 149 Å². The molecule has 0 radical (unpaired) electrons. The minimum atomic E-state index is -4.02. The minimum absolute atomic E-state index is 0.0556. The Morgan fingerprint density at radius 3 is 2.76 bits per heavy atom. The molecular formula is C16H16ClN3O4S. The molecule has 0 spiro atoms. The number of amides is 1. The summed E-state index contributed by atoms with van der Waals surface area (Å²) >= 11 is 5.78. The highest BCUT2D eigenvalue weighted by molar-refractivity contribution is 7.89. The average molecular weight is 382 g/mol. The van der Waals surface area contributed by atoms with Gasteiger partial charge in [-0.3, -0.25) is 4.79 Å². The van der Waals surface area contributed by atoms with E-state index >= 15 is 0 Å². The third kappa shape index (κ3) is 4.09. The van der Waals surface area contributed by atoms with E-state index in [2.05, 4.69) is 17.5 Å². The number of benzene rings is 1. The molecule has 132 valence electrons. The summed E-state index contributed by atoms with van der Waals surface area (Å²) in [5, 5.41) is 8.82. The molecule has 1 aliphatic rings. The maximum absolute atomic E-state index is 12.1. The van der Waals surface area contributed by atoms with Crippen molar-refractivity contribution in [1.82, 2.24) is 5.43 Å². The number of nitrogens with zero attached hydrogens (tertiary/aromatic N) is 1. The number of halogens is 1. The number of nitrogens with two attached hydrogens (primary N) is 1. The lowest BCUT2D eigenvalue weighted by molar-refractivity contribution is 0.0955. The van der Waals surface area contributed by atoms with Gasteiger partial charge in [-0.1, -0.05) is 18.5 Å². The van der Waals surface area contributed by atoms with Crippen LogP contribution in [0.25, 0.3) is 0 Å². The third-order valence-corrected chi connectivity index (χ3v) is 5.37. The van der Waals surface area contributed by atoms with Crippen LogP contribution in [0.4, 0.5) is 0 Å². The number of furan rings is 1. The highest BCUT2D eigenvalue weighted by Crippen LogP contribution is 2.47. The van der Waals surface area contributed by atoms with Crippen molar-refractivity contribution in [3.8, 4) is 0 Å². The van der Waals surface area contributed by atoms with E-state index in [1.807, 2.05) is 6.07 Å². The van der Waals surface area contributed by atoms with E-state index in [-0.39, 0.29) is 15.5 Å². The van der Waals surface area contributed by atoms with Gasteiger partial charge in [0.15, 0.2) is 0 Å². The van der Waals surface area contributed by atoms with Crippen molar-refractivity contribution in [2.45, 2.75) is 24.2 Å². The predicted molar refractivity (Wildman–Crippen MR) is 93.1 cm³/mol. The smallest absolute Gasteiger partial charge is 0.271 e. The first kappa shape index (κ1) is 17.7. The van der Waals surface area contributed by atoms with Gasteiger partial charge < -0.3 is 4.42 Å². The molecule has 25 heavy (non-hydrogen) atoms. The summed E-state index contributed by atoms with van der Waals surface area (Å²) in [7, 11) is -4.02. The molecule has 1 aliphatic carbocycles. The lowest BCUT2D eigenvalue weighted by Gasteiger charge is -2.04. The first-order valence-corrected chi connectivity index (χ1v) is 9.43. The molecule has 0 bridgehead atoms. The second-order valence-electron chi connectivity index (χ2n) is 5.95. The maximum atomic E-state index is 12.1. The quantitative estimate of drug-likeness (QED) is 0.611. The highest BCUT2D eigenvalue weighted by atomic mass is 35.5. The van der Waals surface area contributed by atoms with Gasteiger partial charge in [0.05, 0.1) is 11.2 Å². The number of sulfonamides is 1. The second-order valence-corrected chi connectivity index (χ2v) is 7.89. The van der Waals surface area contributed by atoms with E-state index in [1.54, 1.807) is 6.07 Å². The third-order valence-electron chi connectivity index (χ3n) is 3.98. The zero-order valence-corrected chi connectivity index (χ0v) is 14.8. The molecule has 2 aromatic rings. The lowest BCUT2D eigenvalue weighted by atomic mass is 10.2. The van der Waals surface area contributed by atoms with Crippen LogP contribution in [0.3, 0.4) is 0 Å². The topological polar surface area (TPSA) is 115 Å². The molecule has 1 heterocycles. The van der Waals surface area contributed by atoms with Crippen molar-refractivity contribution in [3.63, 3.8) is 0 Å². The molecule has 9 heteroatoms. The maximum Gasteiger partial charge on any atom is 0.271 e. The molecule has 1 aromatic carbocycles. The van der Waals surface area contributed by atoms with Crippen LogP contribution >= 0.6 is 11.6 Å². The summed E-state index contributed by atoms with van der Waals surface area (Å²) in [5.41, 5.74) is 2.37. The SMILES string of the molecule is C[C@H]1C[C@@H]1c1ccc(/C=N\NC(=O)c2ccc(Cl)c(S(N)(=O)=O)c2)o1. The average Bonchev–Trinajstić information content (AvgIpc) is 3.07. The van der Waals surface area contributed by atoms with Crippen molar-refractivity contribution < 1.29 is 17.6 Å². The number of nitrogens with one attached hydrogen (secondary N) is 1. The molecule has 1 aromatic heterocycles. The van der Waals surface area contributed by atoms with Crippen LogP contribution in [0.15, 0.2) is 44.7 Å². The summed E-state index contributed by atoms with van der Waals surface area (Å²) in [6.45, 7) is 2.16. The van der Waals surface area contributed by atoms with Gasteiger partial charge in [-0.25, -0.2) is 19.0 Å². The molecule has 7 nitrogen and oxygen atoms in total. The molecule has 1 amide bonds. The largest absolute Gasteiger partial charge is 0.460 e. The van der Waals surface area contributed by atoms with E-state index < -0.39 is 15.9 Å². The number of rotatable bonds is 5. The van der Waals surface area contributed by atoms with Crippen LogP contribution in [0.1, 0.15) is 41.1 Å². The van der Waals surface area contributed by atoms with Gasteiger partial charge in [-0.2, -0.15) is 5.10 Å².